The zero-order valence-corrected chi connectivity index (χ0v) is 60.0. The number of hydrogen-bond acceptors (Lipinski definition) is 44. The van der Waals surface area contributed by atoms with Crippen molar-refractivity contribution in [1.82, 2.24) is 5.48 Å². The van der Waals surface area contributed by atoms with E-state index in [0.29, 0.717) is 0 Å². The smallest absolute Gasteiger partial charge is 0.364 e. The second-order valence-corrected chi connectivity index (χ2v) is 23.4. The number of methoxy groups -OCH3 is 4. The van der Waals surface area contributed by atoms with Gasteiger partial charge in [0.05, 0.1) is 95.4 Å². The summed E-state index contributed by atoms with van der Waals surface area (Å²) < 4.78 is 74.6. The number of rotatable bonds is 23. The molecule has 0 spiro atoms. The Kier molecular flexibility index (Phi) is 49.1. The van der Waals surface area contributed by atoms with E-state index in [1.165, 1.54) is 48.8 Å². The molecular weight excluding hydrogens is 1490 g/mol. The summed E-state index contributed by atoms with van der Waals surface area (Å²) in [5, 5.41) is 258. The Balaban J connectivity index is 0.00000141. The Morgan fingerprint density at radius 1 is 0.515 bits per heavy atom. The van der Waals surface area contributed by atoms with Gasteiger partial charge in [0.25, 0.3) is 24.6 Å². The Hall–Kier alpha value is -3.04. The van der Waals surface area contributed by atoms with Crippen molar-refractivity contribution in [2.24, 2.45) is 23.7 Å². The zero-order valence-electron chi connectivity index (χ0n) is 57.2. The number of aliphatic hydroxyl groups excluding tert-OH is 24. The first-order chi connectivity index (χ1) is 48.2. The zero-order chi connectivity index (χ0) is 78.2. The number of aliphatic hydroxyl groups is 24. The Labute approximate surface area is 615 Å². The van der Waals surface area contributed by atoms with Gasteiger partial charge in [-0.05, 0) is 6.10 Å². The van der Waals surface area contributed by atoms with Gasteiger partial charge in [-0.2, -0.15) is 15.8 Å². The quantitative estimate of drug-likeness (QED) is 0.0257. The van der Waals surface area contributed by atoms with Crippen LogP contribution in [0, 0.1) is 64.6 Å². The van der Waals surface area contributed by atoms with Gasteiger partial charge in [-0.25, -0.2) is 16.7 Å². The van der Waals surface area contributed by atoms with Gasteiger partial charge in [0.2, 0.25) is 0 Å². The summed E-state index contributed by atoms with van der Waals surface area (Å²) in [7, 11) is 7.12. The summed E-state index contributed by atoms with van der Waals surface area (Å²) in [6.45, 7) is 0.597. The molecule has 1 radical (unpaired) electrons. The van der Waals surface area contributed by atoms with E-state index in [9.17, 15) is 107 Å². The molecular formula is C57H103N4O41Y-. The van der Waals surface area contributed by atoms with Crippen LogP contribution in [0.25, 0.3) is 0 Å². The van der Waals surface area contributed by atoms with E-state index in [1.807, 2.05) is 0 Å². The SMILES string of the molecule is CNOCC1C(OC)OC(CO)[C@@H](O[C@@H]2OC(CO)[C@H](O)[C@H](O)C2O)[C@@H]1O.COC1OC(CO)[C@@H](O)[C@H](O)C1C.COC1OC(CO)[C@H](O)[C@H](O)C1C.COC1[CH-][C@@H](O)[C@H](O[C@@H]2OC(CO)[C@H](O)[C@H](O[C@]3(C(=O)O)C[C@@H](O)[C@@H](C)C([C@H](O)[C@H](O)CO)O3)C2O)C(CO)O1.N#CO.N#CO.N#CO.[Y]. The molecule has 0 saturated carbocycles. The molecule has 35 atom stereocenters. The molecule has 45 nitrogen and oxygen atoms in total. The Morgan fingerprint density at radius 3 is 1.30 bits per heavy atom. The summed E-state index contributed by atoms with van der Waals surface area (Å²) in [6, 6.07) is 0. The number of nitrogens with one attached hydrogen (secondary N) is 1. The monoisotopic (exact) mass is 1590 g/mol. The predicted molar refractivity (Wildman–Crippen MR) is 321 cm³/mol. The maximum atomic E-state index is 12.4. The number of ether oxygens (including phenoxy) is 14. The van der Waals surface area contributed by atoms with Crippen molar-refractivity contribution in [2.75, 3.05) is 88.3 Å². The maximum Gasteiger partial charge on any atom is 0.364 e. The van der Waals surface area contributed by atoms with Gasteiger partial charge in [-0.3, -0.25) is 0 Å². The minimum atomic E-state index is -2.80. The molecule has 0 aromatic rings. The van der Waals surface area contributed by atoms with Crippen LogP contribution < -0.4 is 5.48 Å². The number of nitrogens with zero attached hydrogens (tertiary/aromatic N) is 3. The minimum absolute atomic E-state index is 0. The van der Waals surface area contributed by atoms with Crippen LogP contribution in [0.2, 0.25) is 0 Å². The average Bonchev–Trinajstić information content (AvgIpc) is 0.759. The van der Waals surface area contributed by atoms with Gasteiger partial charge in [-0.1, -0.05) is 20.8 Å². The average molecular weight is 1590 g/mol. The van der Waals surface area contributed by atoms with Gasteiger partial charge >= 0.3 is 5.97 Å². The number of hydroxylamine groups is 1. The molecule has 0 bridgehead atoms. The molecule has 7 rings (SSSR count). The van der Waals surface area contributed by atoms with Crippen molar-refractivity contribution in [1.29, 1.82) is 15.8 Å². The van der Waals surface area contributed by atoms with Crippen molar-refractivity contribution in [3.8, 4) is 18.8 Å². The van der Waals surface area contributed by atoms with Gasteiger partial charge in [-0.15, -0.1) is 0 Å². The van der Waals surface area contributed by atoms with Crippen LogP contribution in [-0.4, -0.2) is 412 Å². The largest absolute Gasteiger partial charge is 0.477 e. The van der Waals surface area contributed by atoms with Crippen molar-refractivity contribution in [3.63, 3.8) is 0 Å². The second-order valence-electron chi connectivity index (χ2n) is 23.4. The molecule has 7 fully saturated rings. The van der Waals surface area contributed by atoms with E-state index in [1.54, 1.807) is 13.8 Å². The molecule has 601 valence electrons. The molecule has 0 aliphatic carbocycles. The standard InChI is InChI=1S/C23H39O17.C15H29NO11.2C8H16O5.3CHNO.Y/c1-8-10(28)4-23(22(33)34,39-18(8)15(30)11(29)5-24)40-20-16(31)12(6-25)37-21(17(20)32)38-19-9(27)3-14(35-2)36-13(19)7-26;1-16-24-5-6-9(19)13(8(4-18)26-14(6)23-2)27-15-12(22)11(21)10(20)7(3-17)25-15;2*1-4-6(10)7(11)5(3-9)13-8(4)12-2;3*2-1-3;/h3,8-21,24-32H,4-7H2,1-2H3,(H,33,34);6-22H,3-5H2,1-2H3;2*4-11H,3H2,1-2H3;3*3H;/q-1;;;;;;;/t8-,9-,10-,11-,12?,13?,14?,15-,16+,17?,18?,19+,20+,21+,23+;6?,7?,8?,9-,10+,11+,12?,13-,14?,15+;4?,5?,6-,7+,8?;4?,5?,6-,7-,8?;;;;/m1111..../s1. The van der Waals surface area contributed by atoms with E-state index in [0.717, 1.165) is 18.8 Å². The summed E-state index contributed by atoms with van der Waals surface area (Å²) in [5.41, 5.74) is 2.47. The molecule has 7 saturated heterocycles. The first kappa shape index (κ1) is 100.0. The van der Waals surface area contributed by atoms with Crippen LogP contribution in [-0.2, 0) is 109 Å². The van der Waals surface area contributed by atoms with E-state index in [-0.39, 0.29) is 64.4 Å². The summed E-state index contributed by atoms with van der Waals surface area (Å²) in [6.07, 6.45) is -36.5. The molecule has 0 aromatic heterocycles. The van der Waals surface area contributed by atoms with Crippen LogP contribution in [0.4, 0.5) is 0 Å². The summed E-state index contributed by atoms with van der Waals surface area (Å²) in [4.78, 5) is 17.5. The fourth-order valence-corrected chi connectivity index (χ4v) is 11.1. The van der Waals surface area contributed by atoms with Gasteiger partial charge in [0.1, 0.15) is 104 Å². The molecule has 16 unspecified atom stereocenters. The Bertz CT molecular complexity index is 2300. The maximum absolute atomic E-state index is 12.4. The first-order valence-electron chi connectivity index (χ1n) is 31.2. The summed E-state index contributed by atoms with van der Waals surface area (Å²) >= 11 is 0. The molecule has 103 heavy (non-hydrogen) atoms. The Morgan fingerprint density at radius 2 is 0.903 bits per heavy atom. The van der Waals surface area contributed by atoms with E-state index >= 15 is 0 Å². The topological polar surface area (TPSA) is 745 Å². The molecule has 7 heterocycles. The van der Waals surface area contributed by atoms with Crippen LogP contribution in [0.3, 0.4) is 0 Å². The number of aliphatic carboxylic acids is 1. The van der Waals surface area contributed by atoms with Crippen LogP contribution in [0.1, 0.15) is 27.2 Å². The van der Waals surface area contributed by atoms with Gasteiger partial charge in [0.15, 0.2) is 31.5 Å². The third-order valence-electron chi connectivity index (χ3n) is 17.0. The van der Waals surface area contributed by atoms with Crippen molar-refractivity contribution < 1.29 is 236 Å². The molecule has 0 aromatic carbocycles. The number of carboxylic acids is 1. The van der Waals surface area contributed by atoms with Crippen LogP contribution in [0.5, 0.6) is 0 Å². The fraction of sp³-hybridized carbons (Fsp3) is 0.912. The van der Waals surface area contributed by atoms with E-state index < -0.39 is 247 Å². The van der Waals surface area contributed by atoms with Crippen molar-refractivity contribution in [3.05, 3.63) is 6.42 Å². The summed E-state index contributed by atoms with van der Waals surface area (Å²) in [5.74, 6) is -6.89. The van der Waals surface area contributed by atoms with Crippen LogP contribution in [0.15, 0.2) is 0 Å². The number of carbonyl (C=O) groups is 1. The number of hydrogen-bond donors (Lipinski definition) is 26. The van der Waals surface area contributed by atoms with Gasteiger partial charge < -0.3 is 199 Å². The molecule has 0 amide bonds. The third-order valence-corrected chi connectivity index (χ3v) is 17.0. The number of nitriles is 3. The molecule has 7 aliphatic heterocycles. The molecule has 26 N–H and O–H groups in total. The van der Waals surface area contributed by atoms with E-state index in [2.05, 4.69) is 5.48 Å². The molecule has 7 aliphatic rings. The van der Waals surface area contributed by atoms with Crippen molar-refractivity contribution in [2.45, 2.75) is 217 Å². The van der Waals surface area contributed by atoms with Crippen molar-refractivity contribution >= 4 is 5.97 Å². The number of carboxylic acid groups (broad SMARTS) is 1. The van der Waals surface area contributed by atoms with Gasteiger partial charge in [0, 0.05) is 98.7 Å². The normalized spacial score (nSPS) is 41.8. The third kappa shape index (κ3) is 27.5. The first-order valence-corrected chi connectivity index (χ1v) is 31.2. The predicted octanol–water partition coefficient (Wildman–Crippen LogP) is -13.0. The molecule has 46 heteroatoms. The second kappa shape index (κ2) is 50.6. The fourth-order valence-electron chi connectivity index (χ4n) is 11.1. The minimum Gasteiger partial charge on any atom is -0.477 e. The van der Waals surface area contributed by atoms with Crippen LogP contribution >= 0.6 is 0 Å². The van der Waals surface area contributed by atoms with E-state index in [4.69, 9.17) is 112 Å².